The van der Waals surface area contributed by atoms with Gasteiger partial charge in [0.25, 0.3) is 11.8 Å². The zero-order valence-corrected chi connectivity index (χ0v) is 22.4. The van der Waals surface area contributed by atoms with Crippen LogP contribution in [0.15, 0.2) is 9.42 Å². The van der Waals surface area contributed by atoms with Crippen molar-refractivity contribution in [2.75, 3.05) is 13.2 Å². The van der Waals surface area contributed by atoms with Crippen molar-refractivity contribution in [3.8, 4) is 5.88 Å². The molecule has 9 heteroatoms. The van der Waals surface area contributed by atoms with Crippen LogP contribution in [0.3, 0.4) is 0 Å². The van der Waals surface area contributed by atoms with E-state index in [1.807, 2.05) is 13.8 Å². The molecule has 0 saturated heterocycles. The molecule has 8 nitrogen and oxygen atoms in total. The van der Waals surface area contributed by atoms with E-state index >= 15 is 0 Å². The maximum Gasteiger partial charge on any atom is 0.291 e. The first kappa shape index (κ1) is 26.3. The number of carbonyl (C=O) groups is 2. The fraction of sp³-hybridized carbons (Fsp3) is 0.808. The van der Waals surface area contributed by atoms with E-state index in [0.717, 1.165) is 24.7 Å². The van der Waals surface area contributed by atoms with Gasteiger partial charge < -0.3 is 25.6 Å². The van der Waals surface area contributed by atoms with Gasteiger partial charge in [-0.15, -0.1) is 11.8 Å². The lowest BCUT2D eigenvalue weighted by molar-refractivity contribution is -0.123. The number of rotatable bonds is 12. The first-order valence-corrected chi connectivity index (χ1v) is 14.1. The average Bonchev–Trinajstić information content (AvgIpc) is 3.16. The van der Waals surface area contributed by atoms with Gasteiger partial charge in [0.15, 0.2) is 0 Å². The predicted octanol–water partition coefficient (Wildman–Crippen LogP) is 4.13. The monoisotopic (exact) mass is 506 g/mol. The Morgan fingerprint density at radius 2 is 1.80 bits per heavy atom. The molecule has 4 aliphatic carbocycles. The molecule has 196 valence electrons. The summed E-state index contributed by atoms with van der Waals surface area (Å²) in [6, 6.07) is 0.232. The average molecular weight is 507 g/mol. The Labute approximate surface area is 213 Å². The minimum Gasteiger partial charge on any atom is -0.472 e. The van der Waals surface area contributed by atoms with Crippen LogP contribution in [0.25, 0.3) is 0 Å². The summed E-state index contributed by atoms with van der Waals surface area (Å²) in [7, 11) is 0. The Morgan fingerprint density at radius 1 is 1.14 bits per heavy atom. The van der Waals surface area contributed by atoms with Crippen molar-refractivity contribution < 1.29 is 18.8 Å². The smallest absolute Gasteiger partial charge is 0.291 e. The number of nitrogens with two attached hydrogens (primary N) is 1. The van der Waals surface area contributed by atoms with Crippen LogP contribution in [-0.4, -0.2) is 47.0 Å². The predicted molar refractivity (Wildman–Crippen MR) is 136 cm³/mol. The molecule has 1 aromatic rings. The lowest BCUT2D eigenvalue weighted by Crippen LogP contribution is -2.55. The number of hydrogen-bond acceptors (Lipinski definition) is 7. The van der Waals surface area contributed by atoms with Gasteiger partial charge in [-0.1, -0.05) is 13.8 Å². The fourth-order valence-electron chi connectivity index (χ4n) is 6.38. The third kappa shape index (κ3) is 6.53. The summed E-state index contributed by atoms with van der Waals surface area (Å²) >= 11 is 1.51. The van der Waals surface area contributed by atoms with E-state index in [1.165, 1.54) is 43.9 Å². The molecular formula is C26H42N4O4S. The van der Waals surface area contributed by atoms with Crippen LogP contribution in [0.2, 0.25) is 0 Å². The lowest BCUT2D eigenvalue weighted by atomic mass is 9.54. The van der Waals surface area contributed by atoms with Gasteiger partial charge in [0, 0.05) is 17.7 Å². The molecule has 4 saturated carbocycles. The summed E-state index contributed by atoms with van der Waals surface area (Å²) in [5.41, 5.74) is 4.91. The van der Waals surface area contributed by atoms with E-state index in [9.17, 15) is 9.59 Å². The van der Waals surface area contributed by atoms with Gasteiger partial charge in [0.1, 0.15) is 11.5 Å². The summed E-state index contributed by atoms with van der Waals surface area (Å²) in [5, 5.41) is 10.7. The summed E-state index contributed by atoms with van der Waals surface area (Å²) < 4.78 is 11.6. The van der Waals surface area contributed by atoms with Crippen molar-refractivity contribution in [2.24, 2.45) is 29.4 Å². The van der Waals surface area contributed by atoms with Crippen molar-refractivity contribution in [3.63, 3.8) is 0 Å². The summed E-state index contributed by atoms with van der Waals surface area (Å²) in [6.07, 6.45) is 8.37. The minimum absolute atomic E-state index is 0.0280. The number of ether oxygens (including phenoxy) is 1. The highest BCUT2D eigenvalue weighted by Gasteiger charge is 2.49. The molecule has 35 heavy (non-hydrogen) atoms. The second kappa shape index (κ2) is 11.1. The molecule has 4 fully saturated rings. The first-order chi connectivity index (χ1) is 16.6. The maximum atomic E-state index is 13.3. The van der Waals surface area contributed by atoms with E-state index in [4.69, 9.17) is 15.0 Å². The highest BCUT2D eigenvalue weighted by molar-refractivity contribution is 8.00. The number of carbonyl (C=O) groups excluding carboxylic acids is 2. The third-order valence-corrected chi connectivity index (χ3v) is 8.68. The van der Waals surface area contributed by atoms with E-state index in [0.29, 0.717) is 35.6 Å². The molecule has 1 aromatic heterocycles. The van der Waals surface area contributed by atoms with Crippen LogP contribution in [-0.2, 0) is 4.79 Å². The maximum absolute atomic E-state index is 13.3. The van der Waals surface area contributed by atoms with Crippen LogP contribution in [0.1, 0.15) is 89.6 Å². The molecule has 0 spiro atoms. The second-order valence-corrected chi connectivity index (χ2v) is 13.3. The molecule has 4 aliphatic rings. The highest BCUT2D eigenvalue weighted by Crippen LogP contribution is 2.53. The quantitative estimate of drug-likeness (QED) is 0.288. The molecule has 0 aliphatic heterocycles. The molecule has 1 heterocycles. The van der Waals surface area contributed by atoms with E-state index in [-0.39, 0.29) is 35.5 Å². The fourth-order valence-corrected chi connectivity index (χ4v) is 7.28. The van der Waals surface area contributed by atoms with Gasteiger partial charge in [-0.3, -0.25) is 9.59 Å². The van der Waals surface area contributed by atoms with Crippen molar-refractivity contribution in [1.29, 1.82) is 0 Å². The Bertz CT molecular complexity index is 872. The van der Waals surface area contributed by atoms with Crippen LogP contribution < -0.4 is 21.1 Å². The number of nitrogens with one attached hydrogen (secondary N) is 2. The Kier molecular flexibility index (Phi) is 8.36. The number of nitrogens with zero attached hydrogens (tertiary/aromatic N) is 1. The summed E-state index contributed by atoms with van der Waals surface area (Å²) in [4.78, 5) is 26.2. The van der Waals surface area contributed by atoms with E-state index in [2.05, 4.69) is 29.6 Å². The molecule has 4 N–H and O–H groups in total. The van der Waals surface area contributed by atoms with Gasteiger partial charge >= 0.3 is 0 Å². The standard InChI is InChI=1S/C26H42N4O4S/c1-15(2)35-23-22(24(32)28-21-18-10-16-9-17(12-18)13-19(21)11-16)34-30-25(23)33-14-26(3,4)29-20(31)7-5-6-8-27/h15-19,21H,5-14,27H2,1-4H3,(H,28,32)(H,29,31). The number of thioether (sulfide) groups is 1. The summed E-state index contributed by atoms with van der Waals surface area (Å²) in [5.74, 6) is 3.20. The van der Waals surface area contributed by atoms with Crippen LogP contribution in [0, 0.1) is 23.7 Å². The van der Waals surface area contributed by atoms with Gasteiger partial charge in [0.05, 0.1) is 5.54 Å². The number of amides is 2. The van der Waals surface area contributed by atoms with Gasteiger partial charge in [-0.2, -0.15) is 0 Å². The molecule has 2 amide bonds. The molecule has 0 aromatic carbocycles. The SMILES string of the molecule is CC(C)Sc1c(OCC(C)(C)NC(=O)CCCCN)noc1C(=O)NC1C2CC3CC(C2)CC1C3. The van der Waals surface area contributed by atoms with Crippen molar-refractivity contribution in [1.82, 2.24) is 15.8 Å². The Morgan fingerprint density at radius 3 is 2.40 bits per heavy atom. The Balaban J connectivity index is 1.39. The largest absolute Gasteiger partial charge is 0.472 e. The van der Waals surface area contributed by atoms with E-state index in [1.54, 1.807) is 0 Å². The zero-order valence-electron chi connectivity index (χ0n) is 21.6. The first-order valence-electron chi connectivity index (χ1n) is 13.3. The van der Waals surface area contributed by atoms with Gasteiger partial charge in [0.2, 0.25) is 11.7 Å². The van der Waals surface area contributed by atoms with Crippen molar-refractivity contribution >= 4 is 23.6 Å². The van der Waals surface area contributed by atoms with E-state index < -0.39 is 5.54 Å². The second-order valence-electron chi connectivity index (χ2n) is 11.7. The third-order valence-electron chi connectivity index (χ3n) is 7.61. The molecule has 0 unspecified atom stereocenters. The lowest BCUT2D eigenvalue weighted by Gasteiger charge is -2.54. The van der Waals surface area contributed by atoms with Gasteiger partial charge in [-0.05, 0) is 94.2 Å². The molecular weight excluding hydrogens is 464 g/mol. The van der Waals surface area contributed by atoms with Crippen LogP contribution in [0.5, 0.6) is 5.88 Å². The highest BCUT2D eigenvalue weighted by atomic mass is 32.2. The minimum atomic E-state index is -0.596. The normalized spacial score (nSPS) is 27.3. The van der Waals surface area contributed by atoms with Crippen LogP contribution >= 0.6 is 11.8 Å². The van der Waals surface area contributed by atoms with Crippen molar-refractivity contribution in [3.05, 3.63) is 5.76 Å². The zero-order chi connectivity index (χ0) is 25.2. The topological polar surface area (TPSA) is 119 Å². The molecule has 5 rings (SSSR count). The summed E-state index contributed by atoms with van der Waals surface area (Å²) in [6.45, 7) is 8.73. The molecule has 4 bridgehead atoms. The van der Waals surface area contributed by atoms with Gasteiger partial charge in [-0.25, -0.2) is 0 Å². The Hall–Kier alpha value is -1.74. The molecule has 0 radical (unpaired) electrons. The number of aromatic nitrogens is 1. The number of hydrogen-bond donors (Lipinski definition) is 3. The number of unbranched alkanes of at least 4 members (excludes halogenated alkanes) is 1. The van der Waals surface area contributed by atoms with Crippen molar-refractivity contribution in [2.45, 2.75) is 101 Å². The van der Waals surface area contributed by atoms with Crippen LogP contribution in [0.4, 0.5) is 0 Å². The molecule has 0 atom stereocenters.